The van der Waals surface area contributed by atoms with Gasteiger partial charge in [-0.15, -0.1) is 0 Å². The van der Waals surface area contributed by atoms with Gasteiger partial charge < -0.3 is 15.0 Å². The van der Waals surface area contributed by atoms with E-state index in [0.29, 0.717) is 51.5 Å². The molecule has 1 heterocycles. The molecule has 0 aromatic heterocycles. The summed E-state index contributed by atoms with van der Waals surface area (Å²) in [7, 11) is -1.65. The molecule has 1 amide bonds. The maximum Gasteiger partial charge on any atom is 0.220 e. The van der Waals surface area contributed by atoms with E-state index in [9.17, 15) is 13.2 Å². The van der Waals surface area contributed by atoms with Crippen molar-refractivity contribution in [3.63, 3.8) is 0 Å². The third-order valence-electron chi connectivity index (χ3n) is 4.56. The molecule has 1 aromatic rings. The molecule has 1 saturated heterocycles. The number of carbonyl (C=O) groups is 1. The minimum atomic E-state index is -3.29. The van der Waals surface area contributed by atoms with Crippen LogP contribution in [-0.2, 0) is 14.8 Å². The first kappa shape index (κ1) is 21.5. The first-order valence-electron chi connectivity index (χ1n) is 9.45. The van der Waals surface area contributed by atoms with Crippen LogP contribution in [0.4, 0.5) is 5.69 Å². The smallest absolute Gasteiger partial charge is 0.220 e. The molecule has 1 aliphatic heterocycles. The minimum absolute atomic E-state index is 0.0181. The first-order valence-corrected chi connectivity index (χ1v) is 11.1. The number of nitrogens with one attached hydrogen (secondary N) is 1. The van der Waals surface area contributed by atoms with Crippen molar-refractivity contribution >= 4 is 21.6 Å². The maximum absolute atomic E-state index is 12.5. The summed E-state index contributed by atoms with van der Waals surface area (Å²) in [4.78, 5) is 13.8. The molecule has 27 heavy (non-hydrogen) atoms. The number of hydrogen-bond acceptors (Lipinski definition) is 5. The van der Waals surface area contributed by atoms with E-state index in [4.69, 9.17) is 4.74 Å². The summed E-state index contributed by atoms with van der Waals surface area (Å²) in [6.45, 7) is 6.65. The Morgan fingerprint density at radius 2 is 1.78 bits per heavy atom. The molecule has 7 nitrogen and oxygen atoms in total. The number of ether oxygens (including phenoxy) is 1. The van der Waals surface area contributed by atoms with E-state index >= 15 is 0 Å². The molecule has 0 radical (unpaired) electrons. The normalized spacial score (nSPS) is 15.8. The van der Waals surface area contributed by atoms with Crippen LogP contribution in [0.3, 0.4) is 0 Å². The van der Waals surface area contributed by atoms with Gasteiger partial charge in [0.05, 0.1) is 12.9 Å². The lowest BCUT2D eigenvalue weighted by Gasteiger charge is -2.35. The number of nitrogens with zero attached hydrogens (tertiary/aromatic N) is 2. The standard InChI is InChI=1S/C19H31N3O4S/c1-16(2)15-19(23)20-9-4-14-27(24,25)22-12-10-21(11-13-22)17-5-7-18(26-3)8-6-17/h5-8,16H,4,9-15H2,1-3H3,(H,20,23). The summed E-state index contributed by atoms with van der Waals surface area (Å²) in [5.41, 5.74) is 1.07. The molecule has 2 rings (SSSR count). The van der Waals surface area contributed by atoms with Gasteiger partial charge in [-0.1, -0.05) is 13.8 Å². The number of methoxy groups -OCH3 is 1. The highest BCUT2D eigenvalue weighted by Crippen LogP contribution is 2.21. The fourth-order valence-corrected chi connectivity index (χ4v) is 4.56. The molecular formula is C19H31N3O4S. The molecule has 0 bridgehead atoms. The molecule has 0 aliphatic carbocycles. The Bertz CT molecular complexity index is 696. The van der Waals surface area contributed by atoms with Gasteiger partial charge in [-0.3, -0.25) is 4.79 Å². The Morgan fingerprint density at radius 1 is 1.15 bits per heavy atom. The van der Waals surface area contributed by atoms with Crippen molar-refractivity contribution < 1.29 is 17.9 Å². The van der Waals surface area contributed by atoms with Gasteiger partial charge >= 0.3 is 0 Å². The largest absolute Gasteiger partial charge is 0.497 e. The van der Waals surface area contributed by atoms with Crippen molar-refractivity contribution in [2.75, 3.05) is 50.5 Å². The quantitative estimate of drug-likeness (QED) is 0.642. The highest BCUT2D eigenvalue weighted by Gasteiger charge is 2.26. The Morgan fingerprint density at radius 3 is 2.33 bits per heavy atom. The molecule has 1 N–H and O–H groups in total. The van der Waals surface area contributed by atoms with Crippen LogP contribution >= 0.6 is 0 Å². The van der Waals surface area contributed by atoms with Crippen LogP contribution in [0.25, 0.3) is 0 Å². The van der Waals surface area contributed by atoms with Crippen LogP contribution in [0, 0.1) is 5.92 Å². The van der Waals surface area contributed by atoms with Gasteiger partial charge in [0, 0.05) is 44.8 Å². The number of benzene rings is 1. The lowest BCUT2D eigenvalue weighted by atomic mass is 10.1. The van der Waals surface area contributed by atoms with Gasteiger partial charge in [-0.2, -0.15) is 4.31 Å². The van der Waals surface area contributed by atoms with Gasteiger partial charge in [-0.25, -0.2) is 8.42 Å². The average molecular weight is 398 g/mol. The molecule has 152 valence electrons. The molecule has 1 fully saturated rings. The SMILES string of the molecule is COc1ccc(N2CCN(S(=O)(=O)CCCNC(=O)CC(C)C)CC2)cc1. The molecule has 0 unspecified atom stereocenters. The number of sulfonamides is 1. The molecule has 0 saturated carbocycles. The monoisotopic (exact) mass is 397 g/mol. The predicted molar refractivity (Wildman–Crippen MR) is 108 cm³/mol. The lowest BCUT2D eigenvalue weighted by molar-refractivity contribution is -0.121. The Balaban J connectivity index is 1.75. The number of amides is 1. The van der Waals surface area contributed by atoms with Crippen LogP contribution in [-0.4, -0.2) is 64.2 Å². The van der Waals surface area contributed by atoms with Gasteiger partial charge in [0.1, 0.15) is 5.75 Å². The van der Waals surface area contributed by atoms with E-state index in [1.807, 2.05) is 38.1 Å². The van der Waals surface area contributed by atoms with Crippen LogP contribution in [0.2, 0.25) is 0 Å². The molecule has 8 heteroatoms. The molecular weight excluding hydrogens is 366 g/mol. The van der Waals surface area contributed by atoms with Crippen molar-refractivity contribution in [2.24, 2.45) is 5.92 Å². The van der Waals surface area contributed by atoms with E-state index in [0.717, 1.165) is 11.4 Å². The second-order valence-corrected chi connectivity index (χ2v) is 9.29. The van der Waals surface area contributed by atoms with E-state index in [-0.39, 0.29) is 11.7 Å². The minimum Gasteiger partial charge on any atom is -0.497 e. The number of rotatable bonds is 9. The van der Waals surface area contributed by atoms with Crippen molar-refractivity contribution in [1.29, 1.82) is 0 Å². The Labute approximate surface area is 162 Å². The van der Waals surface area contributed by atoms with E-state index in [1.54, 1.807) is 11.4 Å². The van der Waals surface area contributed by atoms with E-state index in [1.165, 1.54) is 0 Å². The highest BCUT2D eigenvalue weighted by molar-refractivity contribution is 7.89. The highest BCUT2D eigenvalue weighted by atomic mass is 32.2. The zero-order chi connectivity index (χ0) is 19.9. The van der Waals surface area contributed by atoms with Crippen LogP contribution in [0.1, 0.15) is 26.7 Å². The van der Waals surface area contributed by atoms with Crippen molar-refractivity contribution in [3.05, 3.63) is 24.3 Å². The van der Waals surface area contributed by atoms with Gasteiger partial charge in [0.2, 0.25) is 15.9 Å². The third kappa shape index (κ3) is 6.70. The topological polar surface area (TPSA) is 79.0 Å². The fraction of sp³-hybridized carbons (Fsp3) is 0.632. The van der Waals surface area contributed by atoms with Gasteiger partial charge in [0.25, 0.3) is 0 Å². The van der Waals surface area contributed by atoms with Crippen molar-refractivity contribution in [1.82, 2.24) is 9.62 Å². The summed E-state index contributed by atoms with van der Waals surface area (Å²) >= 11 is 0. The predicted octanol–water partition coefficient (Wildman–Crippen LogP) is 1.70. The summed E-state index contributed by atoms with van der Waals surface area (Å²) in [5, 5.41) is 2.79. The zero-order valence-corrected chi connectivity index (χ0v) is 17.3. The van der Waals surface area contributed by atoms with Crippen LogP contribution in [0.5, 0.6) is 5.75 Å². The molecule has 1 aromatic carbocycles. The number of anilines is 1. The van der Waals surface area contributed by atoms with Crippen LogP contribution < -0.4 is 15.0 Å². The Hall–Kier alpha value is -1.80. The molecule has 0 atom stereocenters. The fourth-order valence-electron chi connectivity index (χ4n) is 3.07. The third-order valence-corrected chi connectivity index (χ3v) is 6.52. The summed E-state index contributed by atoms with van der Waals surface area (Å²) in [5.74, 6) is 1.16. The van der Waals surface area contributed by atoms with E-state index < -0.39 is 10.0 Å². The first-order chi connectivity index (χ1) is 12.8. The molecule has 1 aliphatic rings. The van der Waals surface area contributed by atoms with Crippen LogP contribution in [0.15, 0.2) is 24.3 Å². The van der Waals surface area contributed by atoms with Crippen molar-refractivity contribution in [2.45, 2.75) is 26.7 Å². The van der Waals surface area contributed by atoms with Crippen molar-refractivity contribution in [3.8, 4) is 5.75 Å². The second-order valence-electron chi connectivity index (χ2n) is 7.20. The number of hydrogen-bond donors (Lipinski definition) is 1. The van der Waals surface area contributed by atoms with Gasteiger partial charge in [0.15, 0.2) is 0 Å². The maximum atomic E-state index is 12.5. The summed E-state index contributed by atoms with van der Waals surface area (Å²) in [6.07, 6.45) is 0.908. The Kier molecular flexibility index (Phi) is 7.91. The lowest BCUT2D eigenvalue weighted by Crippen LogP contribution is -2.49. The van der Waals surface area contributed by atoms with E-state index in [2.05, 4.69) is 10.2 Å². The second kappa shape index (κ2) is 9.94. The number of piperazine rings is 1. The summed E-state index contributed by atoms with van der Waals surface area (Å²) < 4.78 is 31.8. The summed E-state index contributed by atoms with van der Waals surface area (Å²) in [6, 6.07) is 7.80. The van der Waals surface area contributed by atoms with Gasteiger partial charge in [-0.05, 0) is 36.6 Å². The number of carbonyl (C=O) groups excluding carboxylic acids is 1. The zero-order valence-electron chi connectivity index (χ0n) is 16.5. The molecule has 0 spiro atoms. The average Bonchev–Trinajstić information content (AvgIpc) is 2.65.